The Bertz CT molecular complexity index is 442. The Morgan fingerprint density at radius 2 is 1.85 bits per heavy atom. The lowest BCUT2D eigenvalue weighted by atomic mass is 9.74. The molecule has 0 spiro atoms. The number of hydrogen-bond donors (Lipinski definition) is 3. The Morgan fingerprint density at radius 3 is 2.45 bits per heavy atom. The lowest BCUT2D eigenvalue weighted by Gasteiger charge is -2.35. The third kappa shape index (κ3) is 4.12. The highest BCUT2D eigenvalue weighted by molar-refractivity contribution is 6.30. The molecule has 2 rings (SSSR count). The van der Waals surface area contributed by atoms with Crippen molar-refractivity contribution in [1.29, 1.82) is 0 Å². The van der Waals surface area contributed by atoms with Gasteiger partial charge in [-0.15, -0.1) is 0 Å². The average Bonchev–Trinajstić information content (AvgIpc) is 2.49. The quantitative estimate of drug-likeness (QED) is 0.797. The second kappa shape index (κ2) is 6.95. The van der Waals surface area contributed by atoms with E-state index in [2.05, 4.69) is 10.6 Å². The van der Waals surface area contributed by atoms with Crippen molar-refractivity contribution in [3.05, 3.63) is 29.3 Å². The van der Waals surface area contributed by atoms with Crippen LogP contribution in [0.2, 0.25) is 5.02 Å². The molecule has 1 fully saturated rings. The number of nitrogens with one attached hydrogen (secondary N) is 2. The van der Waals surface area contributed by atoms with Crippen molar-refractivity contribution in [2.45, 2.75) is 32.1 Å². The summed E-state index contributed by atoms with van der Waals surface area (Å²) in [5.74, 6) is 0. The Labute approximate surface area is 124 Å². The van der Waals surface area contributed by atoms with Crippen LogP contribution in [-0.2, 0) is 0 Å². The molecule has 1 saturated carbocycles. The molecule has 1 aromatic rings. The predicted molar refractivity (Wildman–Crippen MR) is 81.1 cm³/mol. The van der Waals surface area contributed by atoms with Crippen molar-refractivity contribution < 1.29 is 9.90 Å². The fraction of sp³-hybridized carbons (Fsp3) is 0.533. The molecule has 110 valence electrons. The van der Waals surface area contributed by atoms with Crippen molar-refractivity contribution in [2.24, 2.45) is 5.41 Å². The van der Waals surface area contributed by atoms with Crippen molar-refractivity contribution in [1.82, 2.24) is 5.32 Å². The van der Waals surface area contributed by atoms with E-state index in [1.165, 1.54) is 6.42 Å². The fourth-order valence-electron chi connectivity index (χ4n) is 2.67. The average molecular weight is 297 g/mol. The van der Waals surface area contributed by atoms with Crippen LogP contribution >= 0.6 is 11.6 Å². The molecule has 4 nitrogen and oxygen atoms in total. The third-order valence-electron chi connectivity index (χ3n) is 3.98. The number of hydrogen-bond acceptors (Lipinski definition) is 2. The minimum atomic E-state index is -0.245. The zero-order valence-electron chi connectivity index (χ0n) is 11.5. The molecule has 0 saturated heterocycles. The number of amides is 2. The molecule has 0 unspecified atom stereocenters. The second-order valence-electron chi connectivity index (χ2n) is 5.53. The van der Waals surface area contributed by atoms with Gasteiger partial charge in [0.2, 0.25) is 0 Å². The predicted octanol–water partition coefficient (Wildman–Crippen LogP) is 3.40. The molecule has 0 aromatic heterocycles. The molecule has 0 atom stereocenters. The van der Waals surface area contributed by atoms with Gasteiger partial charge >= 0.3 is 6.03 Å². The molecule has 5 heteroatoms. The third-order valence-corrected chi connectivity index (χ3v) is 4.23. The molecule has 0 bridgehead atoms. The summed E-state index contributed by atoms with van der Waals surface area (Å²) in [6.07, 6.45) is 5.43. The zero-order valence-corrected chi connectivity index (χ0v) is 12.2. The molecule has 1 aromatic carbocycles. The van der Waals surface area contributed by atoms with Gasteiger partial charge in [0.15, 0.2) is 0 Å². The molecule has 20 heavy (non-hydrogen) atoms. The summed E-state index contributed by atoms with van der Waals surface area (Å²) >= 11 is 5.79. The maximum atomic E-state index is 11.9. The number of urea groups is 1. The largest absolute Gasteiger partial charge is 0.396 e. The number of aliphatic hydroxyl groups excluding tert-OH is 1. The van der Waals surface area contributed by atoms with Crippen molar-refractivity contribution in [2.75, 3.05) is 18.5 Å². The summed E-state index contributed by atoms with van der Waals surface area (Å²) in [7, 11) is 0. The van der Waals surface area contributed by atoms with Gasteiger partial charge in [0.25, 0.3) is 0 Å². The van der Waals surface area contributed by atoms with Crippen LogP contribution in [0.15, 0.2) is 24.3 Å². The lowest BCUT2D eigenvalue weighted by Crippen LogP contribution is -2.42. The van der Waals surface area contributed by atoms with Crippen LogP contribution in [0, 0.1) is 5.41 Å². The van der Waals surface area contributed by atoms with Gasteiger partial charge in [-0.1, -0.05) is 30.9 Å². The van der Waals surface area contributed by atoms with Crippen LogP contribution in [0.1, 0.15) is 32.1 Å². The topological polar surface area (TPSA) is 61.4 Å². The summed E-state index contributed by atoms with van der Waals surface area (Å²) < 4.78 is 0. The summed E-state index contributed by atoms with van der Waals surface area (Å²) in [4.78, 5) is 11.9. The highest BCUT2D eigenvalue weighted by Gasteiger charge is 2.31. The van der Waals surface area contributed by atoms with Crippen LogP contribution < -0.4 is 10.6 Å². The summed E-state index contributed by atoms with van der Waals surface area (Å²) in [6.45, 7) is 0.650. The van der Waals surface area contributed by atoms with E-state index in [9.17, 15) is 9.90 Å². The molecule has 1 aliphatic carbocycles. The van der Waals surface area contributed by atoms with Gasteiger partial charge in [-0.2, -0.15) is 0 Å². The van der Waals surface area contributed by atoms with E-state index in [-0.39, 0.29) is 18.1 Å². The number of halogens is 1. The van der Waals surface area contributed by atoms with E-state index in [0.29, 0.717) is 17.3 Å². The molecular formula is C15H21ClN2O2. The van der Waals surface area contributed by atoms with Crippen LogP contribution in [0.4, 0.5) is 10.5 Å². The van der Waals surface area contributed by atoms with Crippen LogP contribution in [-0.4, -0.2) is 24.3 Å². The van der Waals surface area contributed by atoms with E-state index in [1.54, 1.807) is 24.3 Å². The Hall–Kier alpha value is -1.26. The van der Waals surface area contributed by atoms with Crippen molar-refractivity contribution in [3.63, 3.8) is 0 Å². The van der Waals surface area contributed by atoms with Gasteiger partial charge in [0.1, 0.15) is 0 Å². The molecule has 0 radical (unpaired) electrons. The van der Waals surface area contributed by atoms with E-state index in [1.807, 2.05) is 0 Å². The number of rotatable bonds is 4. The Morgan fingerprint density at radius 1 is 1.20 bits per heavy atom. The van der Waals surface area contributed by atoms with Gasteiger partial charge < -0.3 is 15.7 Å². The zero-order chi connectivity index (χ0) is 14.4. The number of aliphatic hydroxyl groups is 1. The number of anilines is 1. The highest BCUT2D eigenvalue weighted by Crippen LogP contribution is 2.35. The fourth-order valence-corrected chi connectivity index (χ4v) is 2.79. The minimum absolute atomic E-state index is 0.133. The van der Waals surface area contributed by atoms with Crippen LogP contribution in [0.3, 0.4) is 0 Å². The van der Waals surface area contributed by atoms with E-state index in [0.717, 1.165) is 25.7 Å². The SMILES string of the molecule is O=C(NCC1(CO)CCCCC1)Nc1ccc(Cl)cc1. The molecule has 1 aliphatic rings. The first-order chi connectivity index (χ1) is 9.63. The second-order valence-corrected chi connectivity index (χ2v) is 5.97. The summed E-state index contributed by atoms with van der Waals surface area (Å²) in [5.41, 5.74) is 0.559. The Balaban J connectivity index is 1.83. The van der Waals surface area contributed by atoms with E-state index < -0.39 is 0 Å². The smallest absolute Gasteiger partial charge is 0.319 e. The summed E-state index contributed by atoms with van der Waals surface area (Å²) in [5, 5.41) is 15.8. The number of benzene rings is 1. The number of carbonyl (C=O) groups is 1. The van der Waals surface area contributed by atoms with Crippen LogP contribution in [0.5, 0.6) is 0 Å². The van der Waals surface area contributed by atoms with Crippen molar-refractivity contribution >= 4 is 23.3 Å². The first-order valence-corrected chi connectivity index (χ1v) is 7.43. The van der Waals surface area contributed by atoms with Crippen molar-refractivity contribution in [3.8, 4) is 0 Å². The summed E-state index contributed by atoms with van der Waals surface area (Å²) in [6, 6.07) is 6.72. The molecule has 0 aliphatic heterocycles. The minimum Gasteiger partial charge on any atom is -0.396 e. The maximum absolute atomic E-state index is 11.9. The van der Waals surface area contributed by atoms with Gasteiger partial charge in [-0.3, -0.25) is 0 Å². The molecule has 2 amide bonds. The van der Waals surface area contributed by atoms with E-state index in [4.69, 9.17) is 11.6 Å². The maximum Gasteiger partial charge on any atom is 0.319 e. The van der Waals surface area contributed by atoms with E-state index >= 15 is 0 Å². The van der Waals surface area contributed by atoms with Gasteiger partial charge in [0, 0.05) is 22.7 Å². The van der Waals surface area contributed by atoms with Gasteiger partial charge in [-0.25, -0.2) is 4.79 Å². The van der Waals surface area contributed by atoms with Gasteiger partial charge in [0.05, 0.1) is 6.61 Å². The number of carbonyl (C=O) groups excluding carboxylic acids is 1. The molecule has 0 heterocycles. The first-order valence-electron chi connectivity index (χ1n) is 7.05. The van der Waals surface area contributed by atoms with Crippen LogP contribution in [0.25, 0.3) is 0 Å². The standard InChI is InChI=1S/C15H21ClN2O2/c16-12-4-6-13(7-5-12)18-14(20)17-10-15(11-19)8-2-1-3-9-15/h4-7,19H,1-3,8-11H2,(H2,17,18,20). The normalized spacial score (nSPS) is 17.5. The lowest BCUT2D eigenvalue weighted by molar-refractivity contribution is 0.0840. The monoisotopic (exact) mass is 296 g/mol. The molecule has 3 N–H and O–H groups in total. The molecular weight excluding hydrogens is 276 g/mol. The highest BCUT2D eigenvalue weighted by atomic mass is 35.5. The Kier molecular flexibility index (Phi) is 5.26. The van der Waals surface area contributed by atoms with Gasteiger partial charge in [-0.05, 0) is 37.1 Å². The first kappa shape index (κ1) is 15.1.